The summed E-state index contributed by atoms with van der Waals surface area (Å²) in [5.41, 5.74) is 1.05. The van der Waals surface area contributed by atoms with Crippen molar-refractivity contribution in [3.8, 4) is 0 Å². The first kappa shape index (κ1) is 25.4. The Labute approximate surface area is 218 Å². The summed E-state index contributed by atoms with van der Waals surface area (Å²) in [5, 5.41) is 11.8. The first-order valence-electron chi connectivity index (χ1n) is 12.6. The van der Waals surface area contributed by atoms with Gasteiger partial charge in [-0.25, -0.2) is 13.1 Å². The highest BCUT2D eigenvalue weighted by Crippen LogP contribution is 2.45. The zero-order valence-electron chi connectivity index (χ0n) is 21.4. The Morgan fingerprint density at radius 1 is 0.919 bits per heavy atom. The van der Waals surface area contributed by atoms with Gasteiger partial charge in [0.15, 0.2) is 5.60 Å². The Morgan fingerprint density at radius 2 is 1.54 bits per heavy atom. The maximum atomic E-state index is 13.8. The number of hydrogen-bond donors (Lipinski definition) is 2. The molecule has 1 atom stereocenters. The molecule has 0 saturated carbocycles. The third-order valence-electron chi connectivity index (χ3n) is 6.91. The van der Waals surface area contributed by atoms with E-state index in [4.69, 9.17) is 0 Å². The van der Waals surface area contributed by atoms with E-state index in [-0.39, 0.29) is 4.90 Å². The van der Waals surface area contributed by atoms with E-state index in [9.17, 15) is 18.3 Å². The van der Waals surface area contributed by atoms with Crippen LogP contribution in [0, 0.1) is 0 Å². The summed E-state index contributed by atoms with van der Waals surface area (Å²) in [4.78, 5) is 17.8. The van der Waals surface area contributed by atoms with E-state index in [0.29, 0.717) is 23.4 Å². The highest BCUT2D eigenvalue weighted by Gasteiger charge is 2.51. The number of amides is 1. The van der Waals surface area contributed by atoms with Gasteiger partial charge in [0, 0.05) is 29.9 Å². The maximum absolute atomic E-state index is 13.8. The van der Waals surface area contributed by atoms with Crippen molar-refractivity contribution in [2.24, 2.45) is 0 Å². The van der Waals surface area contributed by atoms with Gasteiger partial charge < -0.3 is 14.9 Å². The molecular formula is C29H33N3O4S. The van der Waals surface area contributed by atoms with Crippen LogP contribution < -0.4 is 14.5 Å². The van der Waals surface area contributed by atoms with Crippen molar-refractivity contribution in [2.75, 3.05) is 22.9 Å². The minimum Gasteiger partial charge on any atom is -0.372 e. The number of fused-ring (bicyclic) bond motifs is 1. The molecule has 194 valence electrons. The van der Waals surface area contributed by atoms with E-state index >= 15 is 0 Å². The molecule has 5 rings (SSSR count). The Bertz CT molecular complexity index is 1410. The molecule has 2 heterocycles. The molecule has 37 heavy (non-hydrogen) atoms. The average Bonchev–Trinajstić information content (AvgIpc) is 3.47. The first-order chi connectivity index (χ1) is 17.5. The molecule has 1 amide bonds. The number of para-hydroxylation sites is 1. The quantitative estimate of drug-likeness (QED) is 0.511. The van der Waals surface area contributed by atoms with Crippen LogP contribution in [-0.4, -0.2) is 38.1 Å². The monoisotopic (exact) mass is 519 g/mol. The molecular weight excluding hydrogens is 486 g/mol. The minimum atomic E-state index is -3.74. The molecule has 0 aromatic heterocycles. The largest absolute Gasteiger partial charge is 0.372 e. The van der Waals surface area contributed by atoms with Gasteiger partial charge in [-0.2, -0.15) is 0 Å². The standard InChI is InChI=1S/C29H33N3O4S/c1-28(2,3)30-37(35,36)24-16-12-22(13-17-24)29(34)25-8-4-5-9-26(25)32(27(29)33)20-21-10-14-23(15-11-21)31-18-6-7-19-31/h4-5,8-17,30,34H,6-7,18-20H2,1-3H3. The van der Waals surface area contributed by atoms with Gasteiger partial charge in [0.2, 0.25) is 10.0 Å². The van der Waals surface area contributed by atoms with Gasteiger partial charge in [-0.1, -0.05) is 42.5 Å². The van der Waals surface area contributed by atoms with Gasteiger partial charge in [0.05, 0.1) is 17.1 Å². The second kappa shape index (κ2) is 9.28. The molecule has 8 heteroatoms. The molecule has 2 N–H and O–H groups in total. The number of rotatable bonds is 6. The molecule has 0 bridgehead atoms. The number of sulfonamides is 1. The summed E-state index contributed by atoms with van der Waals surface area (Å²) >= 11 is 0. The van der Waals surface area contributed by atoms with Crippen molar-refractivity contribution < 1.29 is 18.3 Å². The summed E-state index contributed by atoms with van der Waals surface area (Å²) in [6, 6.07) is 21.3. The molecule has 0 radical (unpaired) electrons. The first-order valence-corrected chi connectivity index (χ1v) is 14.1. The Kier molecular flexibility index (Phi) is 6.38. The van der Waals surface area contributed by atoms with Gasteiger partial charge in [0.1, 0.15) is 0 Å². The summed E-state index contributed by atoms with van der Waals surface area (Å²) < 4.78 is 28.1. The SMILES string of the molecule is CC(C)(C)NS(=O)(=O)c1ccc(C2(O)C(=O)N(Cc3ccc(N4CCCC4)cc3)c3ccccc32)cc1. The van der Waals surface area contributed by atoms with Crippen LogP contribution in [0.3, 0.4) is 0 Å². The number of anilines is 2. The molecule has 2 aliphatic rings. The lowest BCUT2D eigenvalue weighted by molar-refractivity contribution is -0.132. The van der Waals surface area contributed by atoms with Crippen molar-refractivity contribution in [3.05, 3.63) is 89.5 Å². The van der Waals surface area contributed by atoms with Gasteiger partial charge in [-0.3, -0.25) is 4.79 Å². The molecule has 7 nitrogen and oxygen atoms in total. The van der Waals surface area contributed by atoms with E-state index in [1.165, 1.54) is 42.8 Å². The third-order valence-corrected chi connectivity index (χ3v) is 8.68. The maximum Gasteiger partial charge on any atom is 0.268 e. The smallest absolute Gasteiger partial charge is 0.268 e. The van der Waals surface area contributed by atoms with Gasteiger partial charge in [-0.05, 0) is 75.1 Å². The summed E-state index contributed by atoms with van der Waals surface area (Å²) in [5.74, 6) is -0.458. The number of carbonyl (C=O) groups is 1. The van der Waals surface area contributed by atoms with Crippen LogP contribution in [0.4, 0.5) is 11.4 Å². The Morgan fingerprint density at radius 3 is 2.16 bits per heavy atom. The molecule has 0 spiro atoms. The predicted octanol–water partition coefficient (Wildman–Crippen LogP) is 4.15. The number of carbonyl (C=O) groups excluding carboxylic acids is 1. The lowest BCUT2D eigenvalue weighted by Crippen LogP contribution is -2.41. The minimum absolute atomic E-state index is 0.0726. The van der Waals surface area contributed by atoms with Gasteiger partial charge in [-0.15, -0.1) is 0 Å². The lowest BCUT2D eigenvalue weighted by atomic mass is 9.87. The highest BCUT2D eigenvalue weighted by atomic mass is 32.2. The number of hydrogen-bond acceptors (Lipinski definition) is 5. The fourth-order valence-corrected chi connectivity index (χ4v) is 6.60. The van der Waals surface area contributed by atoms with Crippen molar-refractivity contribution in [1.29, 1.82) is 0 Å². The molecule has 1 unspecified atom stereocenters. The van der Waals surface area contributed by atoms with Crippen molar-refractivity contribution in [2.45, 2.75) is 56.2 Å². The summed E-state index contributed by atoms with van der Waals surface area (Å²) in [6.45, 7) is 7.76. The van der Waals surface area contributed by atoms with Crippen molar-refractivity contribution in [3.63, 3.8) is 0 Å². The third kappa shape index (κ3) is 4.77. The second-order valence-electron chi connectivity index (χ2n) is 10.9. The zero-order chi connectivity index (χ0) is 26.4. The van der Waals surface area contributed by atoms with E-state index in [1.54, 1.807) is 37.8 Å². The number of nitrogens with one attached hydrogen (secondary N) is 1. The van der Waals surface area contributed by atoms with Gasteiger partial charge in [0.25, 0.3) is 5.91 Å². The molecule has 2 aliphatic heterocycles. The van der Waals surface area contributed by atoms with Crippen LogP contribution >= 0.6 is 0 Å². The summed E-state index contributed by atoms with van der Waals surface area (Å²) in [7, 11) is -3.74. The van der Waals surface area contributed by atoms with Crippen molar-refractivity contribution >= 4 is 27.3 Å². The molecule has 3 aromatic rings. The van der Waals surface area contributed by atoms with Crippen LogP contribution in [0.2, 0.25) is 0 Å². The molecule has 3 aromatic carbocycles. The molecule has 0 aliphatic carbocycles. The fraction of sp³-hybridized carbons (Fsp3) is 0.345. The zero-order valence-corrected chi connectivity index (χ0v) is 22.3. The fourth-order valence-electron chi connectivity index (χ4n) is 5.18. The van der Waals surface area contributed by atoms with E-state index in [0.717, 1.165) is 18.7 Å². The van der Waals surface area contributed by atoms with E-state index in [1.807, 2.05) is 24.3 Å². The average molecular weight is 520 g/mol. The predicted molar refractivity (Wildman–Crippen MR) is 145 cm³/mol. The Hall–Kier alpha value is -3.20. The number of nitrogens with zero attached hydrogens (tertiary/aromatic N) is 2. The lowest BCUT2D eigenvalue weighted by Gasteiger charge is -2.25. The second-order valence-corrected chi connectivity index (χ2v) is 12.5. The van der Waals surface area contributed by atoms with E-state index in [2.05, 4.69) is 21.8 Å². The molecule has 1 fully saturated rings. The van der Waals surface area contributed by atoms with Gasteiger partial charge >= 0.3 is 0 Å². The number of benzene rings is 3. The molecule has 1 saturated heterocycles. The number of aliphatic hydroxyl groups is 1. The topological polar surface area (TPSA) is 89.9 Å². The Balaban J connectivity index is 1.44. The summed E-state index contributed by atoms with van der Waals surface area (Å²) in [6.07, 6.45) is 2.42. The van der Waals surface area contributed by atoms with Crippen LogP contribution in [0.5, 0.6) is 0 Å². The van der Waals surface area contributed by atoms with E-state index < -0.39 is 27.1 Å². The van der Waals surface area contributed by atoms with Crippen LogP contribution in [0.15, 0.2) is 77.7 Å². The van der Waals surface area contributed by atoms with Crippen molar-refractivity contribution in [1.82, 2.24) is 4.72 Å². The normalized spacial score (nSPS) is 19.9. The van der Waals surface area contributed by atoms with Crippen LogP contribution in [0.1, 0.15) is 50.3 Å². The highest BCUT2D eigenvalue weighted by molar-refractivity contribution is 7.89. The van der Waals surface area contributed by atoms with Crippen LogP contribution in [-0.2, 0) is 27.0 Å². The van der Waals surface area contributed by atoms with Crippen LogP contribution in [0.25, 0.3) is 0 Å².